The molecule has 0 bridgehead atoms. The smallest absolute Gasteiger partial charge is 0.265 e. The highest BCUT2D eigenvalue weighted by molar-refractivity contribution is 8.04. The van der Waals surface area contributed by atoms with Crippen molar-refractivity contribution in [3.63, 3.8) is 0 Å². The monoisotopic (exact) mass is 458 g/mol. The average molecular weight is 459 g/mol. The molecule has 0 fully saturated rings. The van der Waals surface area contributed by atoms with E-state index in [-0.39, 0.29) is 18.4 Å². The van der Waals surface area contributed by atoms with Crippen molar-refractivity contribution < 1.29 is 14.3 Å². The quantitative estimate of drug-likeness (QED) is 0.515. The number of anilines is 1. The molecule has 33 heavy (non-hydrogen) atoms. The molecule has 168 valence electrons. The third kappa shape index (κ3) is 5.65. The Kier molecular flexibility index (Phi) is 7.15. The third-order valence-corrected chi connectivity index (χ3v) is 6.48. The molecular weight excluding hydrogens is 432 g/mol. The molecule has 1 N–H and O–H groups in total. The maximum atomic E-state index is 13.3. The summed E-state index contributed by atoms with van der Waals surface area (Å²) in [6.45, 7) is 2.55. The lowest BCUT2D eigenvalue weighted by atomic mass is 10.1. The number of hydrogen-bond acceptors (Lipinski definition) is 4. The topological polar surface area (TPSA) is 58.6 Å². The van der Waals surface area contributed by atoms with Gasteiger partial charge in [0.2, 0.25) is 5.91 Å². The lowest BCUT2D eigenvalue weighted by Crippen LogP contribution is -2.43. The fraction of sp³-hybridized carbons (Fsp3) is 0.185. The van der Waals surface area contributed by atoms with Gasteiger partial charge in [0.1, 0.15) is 12.3 Å². The summed E-state index contributed by atoms with van der Waals surface area (Å²) in [4.78, 5) is 29.1. The van der Waals surface area contributed by atoms with Crippen LogP contribution in [0.3, 0.4) is 0 Å². The summed E-state index contributed by atoms with van der Waals surface area (Å²) in [5, 5.41) is 2.95. The van der Waals surface area contributed by atoms with Gasteiger partial charge in [0, 0.05) is 11.4 Å². The SMILES string of the molecule is COc1ccc(C=C2Sc3ccccc3N(CC(=O)NCCc3ccc(C)cc3)C2=O)cc1. The van der Waals surface area contributed by atoms with Crippen LogP contribution in [0.5, 0.6) is 5.75 Å². The highest BCUT2D eigenvalue weighted by Gasteiger charge is 2.30. The predicted molar refractivity (Wildman–Crippen MR) is 134 cm³/mol. The number of ether oxygens (including phenoxy) is 1. The molecule has 3 aromatic rings. The number of rotatable bonds is 7. The highest BCUT2D eigenvalue weighted by atomic mass is 32.2. The first-order chi connectivity index (χ1) is 16.0. The summed E-state index contributed by atoms with van der Waals surface area (Å²) in [5.41, 5.74) is 4.03. The van der Waals surface area contributed by atoms with Gasteiger partial charge in [0.05, 0.1) is 17.7 Å². The number of carbonyl (C=O) groups is 2. The van der Waals surface area contributed by atoms with Gasteiger partial charge in [-0.25, -0.2) is 0 Å². The van der Waals surface area contributed by atoms with Gasteiger partial charge >= 0.3 is 0 Å². The van der Waals surface area contributed by atoms with Crippen molar-refractivity contribution in [1.82, 2.24) is 5.32 Å². The van der Waals surface area contributed by atoms with Gasteiger partial charge in [-0.1, -0.05) is 65.9 Å². The van der Waals surface area contributed by atoms with E-state index in [1.807, 2.05) is 54.6 Å². The Balaban J connectivity index is 1.47. The lowest BCUT2D eigenvalue weighted by molar-refractivity contribution is -0.122. The van der Waals surface area contributed by atoms with Crippen LogP contribution >= 0.6 is 11.8 Å². The standard InChI is InChI=1S/C27H26N2O3S/c1-19-7-9-20(10-8-19)15-16-28-26(30)18-29-23-5-3-4-6-24(23)33-25(27(29)31)17-21-11-13-22(32-2)14-12-21/h3-14,17H,15-16,18H2,1-2H3,(H,28,30). The molecule has 0 radical (unpaired) electrons. The largest absolute Gasteiger partial charge is 0.497 e. The average Bonchev–Trinajstić information content (AvgIpc) is 2.83. The maximum Gasteiger partial charge on any atom is 0.265 e. The first-order valence-electron chi connectivity index (χ1n) is 10.8. The van der Waals surface area contributed by atoms with E-state index in [1.54, 1.807) is 12.0 Å². The zero-order chi connectivity index (χ0) is 23.2. The summed E-state index contributed by atoms with van der Waals surface area (Å²) in [5.74, 6) is 0.401. The number of methoxy groups -OCH3 is 1. The second-order valence-electron chi connectivity index (χ2n) is 7.83. The molecule has 1 aliphatic heterocycles. The van der Waals surface area contributed by atoms with Crippen LogP contribution in [0.25, 0.3) is 6.08 Å². The van der Waals surface area contributed by atoms with Gasteiger partial charge in [0.15, 0.2) is 0 Å². The lowest BCUT2D eigenvalue weighted by Gasteiger charge is -2.29. The minimum atomic E-state index is -0.180. The Morgan fingerprint density at radius 3 is 2.48 bits per heavy atom. The van der Waals surface area contributed by atoms with Gasteiger partial charge in [-0.3, -0.25) is 14.5 Å². The van der Waals surface area contributed by atoms with Crippen molar-refractivity contribution in [2.45, 2.75) is 18.2 Å². The molecule has 0 saturated heterocycles. The molecule has 2 amide bonds. The summed E-state index contributed by atoms with van der Waals surface area (Å²) < 4.78 is 5.21. The number of hydrogen-bond donors (Lipinski definition) is 1. The molecule has 0 aromatic heterocycles. The second-order valence-corrected chi connectivity index (χ2v) is 8.91. The van der Waals surface area contributed by atoms with Crippen LogP contribution in [-0.4, -0.2) is 32.0 Å². The number of aryl methyl sites for hydroxylation is 1. The fourth-order valence-electron chi connectivity index (χ4n) is 3.57. The van der Waals surface area contributed by atoms with E-state index in [0.717, 1.165) is 28.3 Å². The molecule has 3 aromatic carbocycles. The van der Waals surface area contributed by atoms with E-state index in [0.29, 0.717) is 11.4 Å². The number of fused-ring (bicyclic) bond motifs is 1. The van der Waals surface area contributed by atoms with Crippen LogP contribution in [0.15, 0.2) is 82.6 Å². The van der Waals surface area contributed by atoms with Crippen molar-refractivity contribution in [1.29, 1.82) is 0 Å². The van der Waals surface area contributed by atoms with Crippen LogP contribution in [-0.2, 0) is 16.0 Å². The molecule has 6 heteroatoms. The Bertz CT molecular complexity index is 1170. The maximum absolute atomic E-state index is 13.3. The van der Waals surface area contributed by atoms with E-state index >= 15 is 0 Å². The predicted octanol–water partition coefficient (Wildman–Crippen LogP) is 4.84. The normalized spacial score (nSPS) is 14.2. The third-order valence-electron chi connectivity index (χ3n) is 5.40. The minimum Gasteiger partial charge on any atom is -0.497 e. The molecule has 1 aliphatic rings. The number of thioether (sulfide) groups is 1. The van der Waals surface area contributed by atoms with Gasteiger partial charge in [-0.15, -0.1) is 0 Å². The number of para-hydroxylation sites is 1. The van der Waals surface area contributed by atoms with E-state index in [2.05, 4.69) is 36.5 Å². The molecule has 0 atom stereocenters. The number of benzene rings is 3. The zero-order valence-electron chi connectivity index (χ0n) is 18.7. The summed E-state index contributed by atoms with van der Waals surface area (Å²) >= 11 is 1.42. The molecule has 1 heterocycles. The van der Waals surface area contributed by atoms with Crippen LogP contribution < -0.4 is 15.0 Å². The van der Waals surface area contributed by atoms with Gasteiger partial charge in [-0.2, -0.15) is 0 Å². The molecule has 0 aliphatic carbocycles. The number of nitrogens with zero attached hydrogens (tertiary/aromatic N) is 1. The molecule has 5 nitrogen and oxygen atoms in total. The molecule has 4 rings (SSSR count). The van der Waals surface area contributed by atoms with E-state index in [1.165, 1.54) is 22.9 Å². The number of carbonyl (C=O) groups excluding carboxylic acids is 2. The van der Waals surface area contributed by atoms with Gasteiger partial charge in [0.25, 0.3) is 5.91 Å². The fourth-order valence-corrected chi connectivity index (χ4v) is 4.63. The summed E-state index contributed by atoms with van der Waals surface area (Å²) in [7, 11) is 1.62. The summed E-state index contributed by atoms with van der Waals surface area (Å²) in [6.07, 6.45) is 2.60. The molecule has 0 spiro atoms. The number of nitrogens with one attached hydrogen (secondary N) is 1. The first-order valence-corrected chi connectivity index (χ1v) is 11.6. The first kappa shape index (κ1) is 22.7. The Labute approximate surface area is 198 Å². The van der Waals surface area contributed by atoms with Crippen molar-refractivity contribution in [2.75, 3.05) is 25.1 Å². The van der Waals surface area contributed by atoms with Crippen LogP contribution in [0.4, 0.5) is 5.69 Å². The Morgan fingerprint density at radius 1 is 1.03 bits per heavy atom. The molecule has 0 unspecified atom stereocenters. The summed E-state index contributed by atoms with van der Waals surface area (Å²) in [6, 6.07) is 23.5. The van der Waals surface area contributed by atoms with Crippen LogP contribution in [0.2, 0.25) is 0 Å². The Hall–Kier alpha value is -3.51. The van der Waals surface area contributed by atoms with Crippen molar-refractivity contribution in [2.24, 2.45) is 0 Å². The van der Waals surface area contributed by atoms with Crippen molar-refractivity contribution in [3.8, 4) is 5.75 Å². The highest BCUT2D eigenvalue weighted by Crippen LogP contribution is 2.41. The molecular formula is C27H26N2O3S. The van der Waals surface area contributed by atoms with E-state index in [4.69, 9.17) is 4.74 Å². The zero-order valence-corrected chi connectivity index (χ0v) is 19.5. The Morgan fingerprint density at radius 2 is 1.76 bits per heavy atom. The number of amides is 2. The van der Waals surface area contributed by atoms with Crippen LogP contribution in [0.1, 0.15) is 16.7 Å². The van der Waals surface area contributed by atoms with Crippen LogP contribution in [0, 0.1) is 6.92 Å². The minimum absolute atomic E-state index is 0.0236. The van der Waals surface area contributed by atoms with Gasteiger partial charge < -0.3 is 10.1 Å². The van der Waals surface area contributed by atoms with Gasteiger partial charge in [-0.05, 0) is 54.8 Å². The molecule has 0 saturated carbocycles. The van der Waals surface area contributed by atoms with E-state index < -0.39 is 0 Å². The second kappa shape index (κ2) is 10.4. The van der Waals surface area contributed by atoms with E-state index in [9.17, 15) is 9.59 Å². The van der Waals surface area contributed by atoms with Crippen molar-refractivity contribution in [3.05, 3.63) is 94.4 Å². The van der Waals surface area contributed by atoms with Crippen molar-refractivity contribution >= 4 is 35.3 Å².